The second-order valence-corrected chi connectivity index (χ2v) is 4.54. The van der Waals surface area contributed by atoms with Crippen molar-refractivity contribution >= 4 is 11.0 Å². The third-order valence-corrected chi connectivity index (χ3v) is 3.34. The summed E-state index contributed by atoms with van der Waals surface area (Å²) in [5, 5.41) is 0. The first-order chi connectivity index (χ1) is 9.40. The van der Waals surface area contributed by atoms with Crippen molar-refractivity contribution in [1.82, 2.24) is 15.4 Å². The van der Waals surface area contributed by atoms with Gasteiger partial charge in [-0.1, -0.05) is 12.1 Å². The summed E-state index contributed by atoms with van der Waals surface area (Å²) in [4.78, 5) is 8.74. The fourth-order valence-corrected chi connectivity index (χ4v) is 2.44. The van der Waals surface area contributed by atoms with Crippen LogP contribution in [-0.2, 0) is 4.74 Å². The van der Waals surface area contributed by atoms with Crippen LogP contribution in [0.25, 0.3) is 11.0 Å². The van der Waals surface area contributed by atoms with Crippen LogP contribution in [0.2, 0.25) is 0 Å². The molecular weight excluding hydrogens is 240 g/mol. The molecule has 1 aliphatic heterocycles. The van der Waals surface area contributed by atoms with E-state index in [0.717, 1.165) is 41.6 Å². The molecule has 2 heterocycles. The lowest BCUT2D eigenvalue weighted by molar-refractivity contribution is 0.219. The number of nitrogens with one attached hydrogen (secondary N) is 1. The van der Waals surface area contributed by atoms with E-state index >= 15 is 0 Å². The number of nitrogens with two attached hydrogens (primary N) is 1. The van der Waals surface area contributed by atoms with Gasteiger partial charge < -0.3 is 4.74 Å². The number of nitrogens with zero attached hydrogens (tertiary/aromatic N) is 2. The van der Waals surface area contributed by atoms with E-state index < -0.39 is 0 Å². The summed E-state index contributed by atoms with van der Waals surface area (Å²) in [6, 6.07) is 5.86. The van der Waals surface area contributed by atoms with Crippen LogP contribution in [0.1, 0.15) is 24.4 Å². The lowest BCUT2D eigenvalue weighted by atomic mass is 9.95. The minimum atomic E-state index is -0.0827. The highest BCUT2D eigenvalue weighted by Gasteiger charge is 2.20. The maximum absolute atomic E-state index is 5.73. The number of fused-ring (bicyclic) bond motifs is 1. The molecule has 1 unspecified atom stereocenters. The Morgan fingerprint density at radius 2 is 2.16 bits per heavy atom. The van der Waals surface area contributed by atoms with Gasteiger partial charge in [-0.15, -0.1) is 0 Å². The third-order valence-electron chi connectivity index (χ3n) is 3.34. The van der Waals surface area contributed by atoms with Crippen LogP contribution in [0.5, 0.6) is 0 Å². The summed E-state index contributed by atoms with van der Waals surface area (Å²) in [6.07, 6.45) is 7.19. The van der Waals surface area contributed by atoms with E-state index in [1.54, 1.807) is 12.4 Å². The van der Waals surface area contributed by atoms with Gasteiger partial charge in [0.15, 0.2) is 0 Å². The SMILES string of the molecule is NNC(C1=COCCC1)c1cccc2nccnc12. The van der Waals surface area contributed by atoms with Crippen molar-refractivity contribution in [3.8, 4) is 0 Å². The molecule has 98 valence electrons. The Morgan fingerprint density at radius 1 is 1.26 bits per heavy atom. The number of ether oxygens (including phenoxy) is 1. The molecule has 0 saturated heterocycles. The number of para-hydroxylation sites is 1. The summed E-state index contributed by atoms with van der Waals surface area (Å²) >= 11 is 0. The van der Waals surface area contributed by atoms with Crippen molar-refractivity contribution in [2.24, 2.45) is 5.84 Å². The minimum Gasteiger partial charge on any atom is -0.501 e. The molecule has 0 bridgehead atoms. The highest BCUT2D eigenvalue weighted by atomic mass is 16.5. The molecule has 0 spiro atoms. The summed E-state index contributed by atoms with van der Waals surface area (Å²) in [5.74, 6) is 5.73. The van der Waals surface area contributed by atoms with E-state index in [1.165, 1.54) is 0 Å². The summed E-state index contributed by atoms with van der Waals surface area (Å²) in [6.45, 7) is 0.774. The van der Waals surface area contributed by atoms with Crippen LogP contribution >= 0.6 is 0 Å². The Bertz CT molecular complexity index is 606. The van der Waals surface area contributed by atoms with E-state index in [9.17, 15) is 0 Å². The Labute approximate surface area is 111 Å². The van der Waals surface area contributed by atoms with Gasteiger partial charge in [0.2, 0.25) is 0 Å². The molecular formula is C14H16N4O. The first-order valence-corrected chi connectivity index (χ1v) is 6.36. The summed E-state index contributed by atoms with van der Waals surface area (Å²) in [7, 11) is 0. The largest absolute Gasteiger partial charge is 0.501 e. The third kappa shape index (κ3) is 2.30. The Kier molecular flexibility index (Phi) is 3.39. The number of rotatable bonds is 3. The van der Waals surface area contributed by atoms with Gasteiger partial charge in [-0.25, -0.2) is 5.43 Å². The molecule has 1 aliphatic rings. The fraction of sp³-hybridized carbons (Fsp3) is 0.286. The van der Waals surface area contributed by atoms with Crippen LogP contribution in [0.3, 0.4) is 0 Å². The molecule has 0 aliphatic carbocycles. The first-order valence-electron chi connectivity index (χ1n) is 6.36. The van der Waals surface area contributed by atoms with Crippen molar-refractivity contribution in [2.45, 2.75) is 18.9 Å². The molecule has 1 atom stereocenters. The van der Waals surface area contributed by atoms with Crippen molar-refractivity contribution in [1.29, 1.82) is 0 Å². The summed E-state index contributed by atoms with van der Waals surface area (Å²) < 4.78 is 5.40. The molecule has 1 aromatic carbocycles. The Morgan fingerprint density at radius 3 is 2.95 bits per heavy atom. The van der Waals surface area contributed by atoms with Crippen LogP contribution in [0.4, 0.5) is 0 Å². The van der Waals surface area contributed by atoms with Crippen molar-refractivity contribution in [3.63, 3.8) is 0 Å². The average molecular weight is 256 g/mol. The summed E-state index contributed by atoms with van der Waals surface area (Å²) in [5.41, 5.74) is 6.79. The van der Waals surface area contributed by atoms with Gasteiger partial charge in [0.1, 0.15) is 0 Å². The zero-order valence-electron chi connectivity index (χ0n) is 10.5. The zero-order chi connectivity index (χ0) is 13.1. The van der Waals surface area contributed by atoms with E-state index in [0.29, 0.717) is 0 Å². The van der Waals surface area contributed by atoms with Crippen molar-refractivity contribution in [3.05, 3.63) is 48.0 Å². The number of hydrogen-bond donors (Lipinski definition) is 2. The maximum Gasteiger partial charge on any atom is 0.0938 e. The van der Waals surface area contributed by atoms with E-state index in [4.69, 9.17) is 10.6 Å². The second kappa shape index (κ2) is 5.34. The highest BCUT2D eigenvalue weighted by molar-refractivity contribution is 5.78. The number of hydrazine groups is 1. The second-order valence-electron chi connectivity index (χ2n) is 4.54. The molecule has 1 aromatic heterocycles. The quantitative estimate of drug-likeness (QED) is 0.647. The van der Waals surface area contributed by atoms with Crippen molar-refractivity contribution < 1.29 is 4.74 Å². The van der Waals surface area contributed by atoms with Gasteiger partial charge in [-0.2, -0.15) is 0 Å². The smallest absolute Gasteiger partial charge is 0.0938 e. The van der Waals surface area contributed by atoms with Gasteiger partial charge in [-0.05, 0) is 24.5 Å². The van der Waals surface area contributed by atoms with Gasteiger partial charge in [0.05, 0.1) is 29.9 Å². The normalized spacial score (nSPS) is 16.8. The lowest BCUT2D eigenvalue weighted by Crippen LogP contribution is -2.30. The molecule has 3 N–H and O–H groups in total. The molecule has 19 heavy (non-hydrogen) atoms. The highest BCUT2D eigenvalue weighted by Crippen LogP contribution is 2.30. The number of hydrogen-bond acceptors (Lipinski definition) is 5. The monoisotopic (exact) mass is 256 g/mol. The molecule has 5 heteroatoms. The Hall–Kier alpha value is -1.98. The van der Waals surface area contributed by atoms with Crippen LogP contribution in [0.15, 0.2) is 42.4 Å². The van der Waals surface area contributed by atoms with Gasteiger partial charge in [0.25, 0.3) is 0 Å². The number of benzene rings is 1. The Balaban J connectivity index is 2.08. The zero-order valence-corrected chi connectivity index (χ0v) is 10.5. The lowest BCUT2D eigenvalue weighted by Gasteiger charge is -2.23. The average Bonchev–Trinajstić information content (AvgIpc) is 2.49. The maximum atomic E-state index is 5.73. The molecule has 0 fully saturated rings. The molecule has 2 aromatic rings. The van der Waals surface area contributed by atoms with E-state index in [1.807, 2.05) is 24.5 Å². The van der Waals surface area contributed by atoms with Gasteiger partial charge in [0, 0.05) is 18.0 Å². The van der Waals surface area contributed by atoms with Crippen molar-refractivity contribution in [2.75, 3.05) is 6.61 Å². The molecule has 3 rings (SSSR count). The molecule has 0 saturated carbocycles. The first kappa shape index (κ1) is 12.1. The molecule has 0 radical (unpaired) electrons. The van der Waals surface area contributed by atoms with E-state index in [2.05, 4.69) is 15.4 Å². The fourth-order valence-electron chi connectivity index (χ4n) is 2.44. The standard InChI is InChI=1S/C14H16N4O/c15-18-13(10-3-2-8-19-9-10)11-4-1-5-12-14(11)17-7-6-16-12/h1,4-7,9,13,18H,2-3,8,15H2. The number of aromatic nitrogens is 2. The van der Waals surface area contributed by atoms with Gasteiger partial charge >= 0.3 is 0 Å². The van der Waals surface area contributed by atoms with E-state index in [-0.39, 0.29) is 6.04 Å². The topological polar surface area (TPSA) is 73.1 Å². The minimum absolute atomic E-state index is 0.0827. The van der Waals surface area contributed by atoms with Crippen LogP contribution in [0, 0.1) is 0 Å². The predicted octanol–water partition coefficient (Wildman–Crippen LogP) is 1.83. The molecule has 0 amide bonds. The van der Waals surface area contributed by atoms with Crippen LogP contribution in [-0.4, -0.2) is 16.6 Å². The predicted molar refractivity (Wildman–Crippen MR) is 72.9 cm³/mol. The van der Waals surface area contributed by atoms with Crippen LogP contribution < -0.4 is 11.3 Å². The van der Waals surface area contributed by atoms with Gasteiger partial charge in [-0.3, -0.25) is 15.8 Å². The molecule has 5 nitrogen and oxygen atoms in total.